The zero-order chi connectivity index (χ0) is 22.5. The summed E-state index contributed by atoms with van der Waals surface area (Å²) in [6.45, 7) is 8.00. The molecule has 0 saturated heterocycles. The molecule has 0 fully saturated rings. The van der Waals surface area contributed by atoms with Gasteiger partial charge in [0.2, 0.25) is 0 Å². The minimum Gasteiger partial charge on any atom is -0.490 e. The third kappa shape index (κ3) is 9.61. The summed E-state index contributed by atoms with van der Waals surface area (Å²) >= 11 is 1.58. The topological polar surface area (TPSA) is 73.9 Å². The van der Waals surface area contributed by atoms with Crippen molar-refractivity contribution in [2.75, 3.05) is 25.5 Å². The van der Waals surface area contributed by atoms with Crippen molar-refractivity contribution in [2.24, 2.45) is 0 Å². The van der Waals surface area contributed by atoms with E-state index in [0.717, 1.165) is 16.7 Å². The Balaban J connectivity index is 1.88. The molecule has 1 unspecified atom stereocenters. The Morgan fingerprint density at radius 1 is 1.10 bits per heavy atom. The van der Waals surface area contributed by atoms with Crippen molar-refractivity contribution in [3.8, 4) is 5.75 Å². The van der Waals surface area contributed by atoms with Crippen molar-refractivity contribution >= 4 is 23.8 Å². The van der Waals surface area contributed by atoms with Crippen molar-refractivity contribution in [1.82, 2.24) is 5.32 Å². The molecule has 166 valence electrons. The second-order valence-electron chi connectivity index (χ2n) is 6.98. The van der Waals surface area contributed by atoms with Gasteiger partial charge in [0.25, 0.3) is 0 Å². The standard InChI is InChI=1S/C24H29NO5S/c1-4-23(26)28-15-14-25-24(27)30-21(17-31-22-8-6-5-7-9-22)16-29-20-12-10-19(11-13-20)18(2)3/h4-13,18,21H,1,14-17H2,2-3H3,(H,25,27). The van der Waals surface area contributed by atoms with Crippen LogP contribution in [0.5, 0.6) is 5.75 Å². The lowest BCUT2D eigenvalue weighted by atomic mass is 10.0. The third-order valence-electron chi connectivity index (χ3n) is 4.22. The lowest BCUT2D eigenvalue weighted by Crippen LogP contribution is -2.35. The van der Waals surface area contributed by atoms with E-state index in [1.165, 1.54) is 5.56 Å². The minimum atomic E-state index is -0.591. The molecule has 7 heteroatoms. The van der Waals surface area contributed by atoms with E-state index in [9.17, 15) is 9.59 Å². The Kier molecular flexibility index (Phi) is 10.5. The number of rotatable bonds is 12. The molecule has 2 aromatic rings. The van der Waals surface area contributed by atoms with E-state index in [4.69, 9.17) is 14.2 Å². The Labute approximate surface area is 188 Å². The smallest absolute Gasteiger partial charge is 0.407 e. The summed E-state index contributed by atoms with van der Waals surface area (Å²) in [6, 6.07) is 17.8. The first-order chi connectivity index (χ1) is 15.0. The molecule has 0 saturated carbocycles. The average molecular weight is 444 g/mol. The SMILES string of the molecule is C=CC(=O)OCCNC(=O)OC(COc1ccc(C(C)C)cc1)CSc1ccccc1. The van der Waals surface area contributed by atoms with Gasteiger partial charge in [0.05, 0.1) is 6.54 Å². The van der Waals surface area contributed by atoms with Crippen LogP contribution in [0.2, 0.25) is 0 Å². The first kappa shape index (κ1) is 24.3. The predicted molar refractivity (Wildman–Crippen MR) is 123 cm³/mol. The Bertz CT molecular complexity index is 824. The van der Waals surface area contributed by atoms with Crippen LogP contribution in [0.1, 0.15) is 25.3 Å². The second kappa shape index (κ2) is 13.4. The molecule has 0 aromatic heterocycles. The lowest BCUT2D eigenvalue weighted by Gasteiger charge is -2.19. The first-order valence-corrected chi connectivity index (χ1v) is 11.1. The van der Waals surface area contributed by atoms with Gasteiger partial charge in [-0.05, 0) is 35.7 Å². The Hall–Kier alpha value is -2.93. The summed E-state index contributed by atoms with van der Waals surface area (Å²) < 4.78 is 16.2. The van der Waals surface area contributed by atoms with E-state index in [0.29, 0.717) is 11.7 Å². The molecule has 0 aliphatic carbocycles. The molecular formula is C24H29NO5S. The van der Waals surface area contributed by atoms with Crippen molar-refractivity contribution < 1.29 is 23.8 Å². The van der Waals surface area contributed by atoms with E-state index in [1.54, 1.807) is 11.8 Å². The van der Waals surface area contributed by atoms with Crippen molar-refractivity contribution in [3.63, 3.8) is 0 Å². The van der Waals surface area contributed by atoms with Gasteiger partial charge in [0.1, 0.15) is 25.1 Å². The Morgan fingerprint density at radius 3 is 2.45 bits per heavy atom. The number of amides is 1. The normalized spacial score (nSPS) is 11.5. The highest BCUT2D eigenvalue weighted by molar-refractivity contribution is 7.99. The minimum absolute atomic E-state index is 0.0437. The van der Waals surface area contributed by atoms with E-state index in [1.807, 2.05) is 54.6 Å². The van der Waals surface area contributed by atoms with Gasteiger partial charge in [-0.15, -0.1) is 11.8 Å². The summed E-state index contributed by atoms with van der Waals surface area (Å²) in [5, 5.41) is 2.57. The van der Waals surface area contributed by atoms with Gasteiger partial charge in [-0.1, -0.05) is 50.8 Å². The highest BCUT2D eigenvalue weighted by Gasteiger charge is 2.16. The second-order valence-corrected chi connectivity index (χ2v) is 8.08. The zero-order valence-electron chi connectivity index (χ0n) is 17.9. The number of carbonyl (C=O) groups is 2. The number of esters is 1. The molecule has 0 aliphatic rings. The largest absolute Gasteiger partial charge is 0.490 e. The number of carbonyl (C=O) groups excluding carboxylic acids is 2. The van der Waals surface area contributed by atoms with E-state index >= 15 is 0 Å². The van der Waals surface area contributed by atoms with Crippen LogP contribution in [0.4, 0.5) is 4.79 Å². The number of thioether (sulfide) groups is 1. The monoisotopic (exact) mass is 443 g/mol. The molecule has 0 spiro atoms. The highest BCUT2D eigenvalue weighted by Crippen LogP contribution is 2.21. The van der Waals surface area contributed by atoms with Gasteiger partial charge in [-0.3, -0.25) is 0 Å². The summed E-state index contributed by atoms with van der Waals surface area (Å²) in [6.07, 6.45) is 0.0120. The number of alkyl carbamates (subject to hydrolysis) is 1. The molecule has 2 aromatic carbocycles. The molecule has 1 atom stereocenters. The van der Waals surface area contributed by atoms with Gasteiger partial charge in [-0.2, -0.15) is 0 Å². The van der Waals surface area contributed by atoms with Crippen LogP contribution in [0.3, 0.4) is 0 Å². The van der Waals surface area contributed by atoms with Gasteiger partial charge in [-0.25, -0.2) is 9.59 Å². The molecule has 0 heterocycles. The molecule has 1 amide bonds. The fourth-order valence-corrected chi connectivity index (χ4v) is 3.41. The molecule has 2 rings (SSSR count). The number of nitrogens with one attached hydrogen (secondary N) is 1. The van der Waals surface area contributed by atoms with Gasteiger partial charge < -0.3 is 19.5 Å². The highest BCUT2D eigenvalue weighted by atomic mass is 32.2. The van der Waals surface area contributed by atoms with Crippen LogP contribution in [0, 0.1) is 0 Å². The van der Waals surface area contributed by atoms with Crippen LogP contribution in [-0.4, -0.2) is 43.7 Å². The zero-order valence-corrected chi connectivity index (χ0v) is 18.7. The molecule has 0 bridgehead atoms. The number of ether oxygens (including phenoxy) is 3. The van der Waals surface area contributed by atoms with E-state index in [2.05, 4.69) is 25.7 Å². The molecule has 0 aliphatic heterocycles. The summed E-state index contributed by atoms with van der Waals surface area (Å²) in [5.41, 5.74) is 1.23. The van der Waals surface area contributed by atoms with Crippen LogP contribution >= 0.6 is 11.8 Å². The molecule has 31 heavy (non-hydrogen) atoms. The number of hydrogen-bond donors (Lipinski definition) is 1. The molecule has 0 radical (unpaired) electrons. The van der Waals surface area contributed by atoms with E-state index < -0.39 is 18.2 Å². The summed E-state index contributed by atoms with van der Waals surface area (Å²) in [7, 11) is 0. The van der Waals surface area contributed by atoms with Crippen LogP contribution in [0.25, 0.3) is 0 Å². The van der Waals surface area contributed by atoms with Crippen molar-refractivity contribution in [1.29, 1.82) is 0 Å². The van der Waals surface area contributed by atoms with Gasteiger partial charge in [0.15, 0.2) is 0 Å². The van der Waals surface area contributed by atoms with Crippen LogP contribution in [0.15, 0.2) is 72.1 Å². The average Bonchev–Trinajstić information content (AvgIpc) is 2.79. The number of benzene rings is 2. The van der Waals surface area contributed by atoms with Gasteiger partial charge in [0, 0.05) is 16.7 Å². The van der Waals surface area contributed by atoms with Crippen molar-refractivity contribution in [2.45, 2.75) is 30.8 Å². The van der Waals surface area contributed by atoms with Crippen LogP contribution in [-0.2, 0) is 14.3 Å². The first-order valence-electron chi connectivity index (χ1n) is 10.1. The van der Waals surface area contributed by atoms with Gasteiger partial charge >= 0.3 is 12.1 Å². The fourth-order valence-electron chi connectivity index (χ4n) is 2.52. The van der Waals surface area contributed by atoms with E-state index in [-0.39, 0.29) is 19.8 Å². The van der Waals surface area contributed by atoms with Crippen molar-refractivity contribution in [3.05, 3.63) is 72.8 Å². The number of hydrogen-bond acceptors (Lipinski definition) is 6. The molecular weight excluding hydrogens is 414 g/mol. The lowest BCUT2D eigenvalue weighted by molar-refractivity contribution is -0.137. The van der Waals surface area contributed by atoms with Crippen LogP contribution < -0.4 is 10.1 Å². The Morgan fingerprint density at radius 2 is 1.81 bits per heavy atom. The summed E-state index contributed by atoms with van der Waals surface area (Å²) in [4.78, 5) is 24.3. The molecule has 1 N–H and O–H groups in total. The summed E-state index contributed by atoms with van der Waals surface area (Å²) in [5.74, 6) is 1.16. The maximum atomic E-state index is 12.2. The predicted octanol–water partition coefficient (Wildman–Crippen LogP) is 4.81. The third-order valence-corrected chi connectivity index (χ3v) is 5.36. The maximum Gasteiger partial charge on any atom is 0.407 e. The molecule has 6 nitrogen and oxygen atoms in total. The fraction of sp³-hybridized carbons (Fsp3) is 0.333. The quantitative estimate of drug-likeness (QED) is 0.220. The maximum absolute atomic E-state index is 12.2.